The average molecular weight is 137 g/mol. The molecule has 48 valence electrons. The van der Waals surface area contributed by atoms with Crippen molar-refractivity contribution in [2.45, 2.75) is 37.2 Å². The molecule has 0 heterocycles. The van der Waals surface area contributed by atoms with Crippen molar-refractivity contribution in [3.05, 3.63) is 0 Å². The molecule has 0 aliphatic heterocycles. The van der Waals surface area contributed by atoms with Crippen LogP contribution >= 0.6 is 11.6 Å². The first-order valence-corrected chi connectivity index (χ1v) is 3.52. The van der Waals surface area contributed by atoms with Crippen molar-refractivity contribution in [1.82, 2.24) is 0 Å². The van der Waals surface area contributed by atoms with Gasteiger partial charge >= 0.3 is 0 Å². The van der Waals surface area contributed by atoms with E-state index in [9.17, 15) is 4.39 Å². The van der Waals surface area contributed by atoms with E-state index in [-0.39, 0.29) is 5.38 Å². The second-order valence-electron chi connectivity index (χ2n) is 2.32. The summed E-state index contributed by atoms with van der Waals surface area (Å²) in [5.41, 5.74) is 0. The molecule has 1 saturated carbocycles. The Hall–Kier alpha value is 0.220. The Morgan fingerprint density at radius 1 is 1.25 bits per heavy atom. The van der Waals surface area contributed by atoms with E-state index in [1.165, 1.54) is 0 Å². The zero-order valence-electron chi connectivity index (χ0n) is 4.74. The molecular weight excluding hydrogens is 127 g/mol. The predicted octanol–water partition coefficient (Wildman–Crippen LogP) is 2.51. The van der Waals surface area contributed by atoms with Crippen molar-refractivity contribution in [3.63, 3.8) is 0 Å². The lowest BCUT2D eigenvalue weighted by Crippen LogP contribution is -2.20. The molecule has 0 spiro atoms. The van der Waals surface area contributed by atoms with Gasteiger partial charge in [0.25, 0.3) is 0 Å². The Kier molecular flexibility index (Phi) is 2.12. The van der Waals surface area contributed by atoms with Crippen LogP contribution < -0.4 is 0 Å². The van der Waals surface area contributed by atoms with Gasteiger partial charge in [0.2, 0.25) is 0 Å². The van der Waals surface area contributed by atoms with Gasteiger partial charge < -0.3 is 0 Å². The molecular formula is C6H10ClF. The predicted molar refractivity (Wildman–Crippen MR) is 33.0 cm³/mol. The highest BCUT2D eigenvalue weighted by Crippen LogP contribution is 2.24. The molecule has 0 nitrogen and oxygen atoms in total. The van der Waals surface area contributed by atoms with E-state index >= 15 is 0 Å². The largest absolute Gasteiger partial charge is 0.246 e. The summed E-state index contributed by atoms with van der Waals surface area (Å²) in [5, 5.41) is -0.191. The van der Waals surface area contributed by atoms with Gasteiger partial charge in [-0.05, 0) is 12.8 Å². The minimum atomic E-state index is -0.731. The first-order valence-electron chi connectivity index (χ1n) is 3.09. The molecule has 1 rings (SSSR count). The summed E-state index contributed by atoms with van der Waals surface area (Å²) in [6.45, 7) is 0. The number of halogens is 2. The lowest BCUT2D eigenvalue weighted by molar-refractivity contribution is 0.256. The van der Waals surface area contributed by atoms with Gasteiger partial charge in [0.05, 0.1) is 5.38 Å². The molecule has 2 atom stereocenters. The Balaban J connectivity index is 2.28. The van der Waals surface area contributed by atoms with E-state index in [1.807, 2.05) is 0 Å². The van der Waals surface area contributed by atoms with Crippen LogP contribution in [0.25, 0.3) is 0 Å². The highest BCUT2D eigenvalue weighted by Gasteiger charge is 2.21. The second-order valence-corrected chi connectivity index (χ2v) is 2.88. The molecule has 2 heteroatoms. The summed E-state index contributed by atoms with van der Waals surface area (Å²) in [4.78, 5) is 0. The standard InChI is InChI=1S/C6H10ClF/c7-5-3-1-2-4-6(5)8/h5-6H,1-4H2/t5-,6+/m0/s1. The fourth-order valence-electron chi connectivity index (χ4n) is 1.04. The minimum Gasteiger partial charge on any atom is -0.246 e. The van der Waals surface area contributed by atoms with Gasteiger partial charge in [-0.25, -0.2) is 4.39 Å². The zero-order chi connectivity index (χ0) is 5.98. The fraction of sp³-hybridized carbons (Fsp3) is 1.00. The SMILES string of the molecule is F[C@@H]1CCCC[C@@H]1Cl. The molecule has 0 saturated heterocycles. The molecule has 0 aromatic heterocycles. The summed E-state index contributed by atoms with van der Waals surface area (Å²) in [5.74, 6) is 0. The molecule has 0 unspecified atom stereocenters. The Morgan fingerprint density at radius 3 is 2.25 bits per heavy atom. The lowest BCUT2D eigenvalue weighted by Gasteiger charge is -2.19. The molecule has 0 bridgehead atoms. The summed E-state index contributed by atoms with van der Waals surface area (Å²) in [7, 11) is 0. The topological polar surface area (TPSA) is 0 Å². The van der Waals surface area contributed by atoms with Crippen molar-refractivity contribution in [3.8, 4) is 0 Å². The molecule has 0 aromatic carbocycles. The van der Waals surface area contributed by atoms with Crippen molar-refractivity contribution < 1.29 is 4.39 Å². The molecule has 0 N–H and O–H groups in total. The first-order chi connectivity index (χ1) is 3.80. The van der Waals surface area contributed by atoms with Crippen molar-refractivity contribution in [1.29, 1.82) is 0 Å². The number of rotatable bonds is 0. The van der Waals surface area contributed by atoms with Crippen LogP contribution in [0.5, 0.6) is 0 Å². The van der Waals surface area contributed by atoms with Crippen LogP contribution in [0, 0.1) is 0 Å². The number of alkyl halides is 2. The highest BCUT2D eigenvalue weighted by molar-refractivity contribution is 6.21. The maximum absolute atomic E-state index is 12.4. The maximum Gasteiger partial charge on any atom is 0.116 e. The smallest absolute Gasteiger partial charge is 0.116 e. The van der Waals surface area contributed by atoms with Gasteiger partial charge in [-0.3, -0.25) is 0 Å². The molecule has 8 heavy (non-hydrogen) atoms. The van der Waals surface area contributed by atoms with Crippen molar-refractivity contribution in [2.75, 3.05) is 0 Å². The molecule has 0 amide bonds. The maximum atomic E-state index is 12.4. The molecule has 0 radical (unpaired) electrons. The number of hydrogen-bond donors (Lipinski definition) is 0. The number of hydrogen-bond acceptors (Lipinski definition) is 0. The van der Waals surface area contributed by atoms with E-state index in [0.717, 1.165) is 19.3 Å². The van der Waals surface area contributed by atoms with Crippen LogP contribution in [0.2, 0.25) is 0 Å². The normalized spacial score (nSPS) is 39.8. The van der Waals surface area contributed by atoms with E-state index in [2.05, 4.69) is 0 Å². The Labute approximate surface area is 54.0 Å². The minimum absolute atomic E-state index is 0.191. The second kappa shape index (κ2) is 2.67. The summed E-state index contributed by atoms with van der Waals surface area (Å²) < 4.78 is 12.4. The monoisotopic (exact) mass is 136 g/mol. The van der Waals surface area contributed by atoms with Crippen molar-refractivity contribution in [2.24, 2.45) is 0 Å². The lowest BCUT2D eigenvalue weighted by atomic mass is 9.99. The quantitative estimate of drug-likeness (QED) is 0.449. The van der Waals surface area contributed by atoms with Gasteiger partial charge in [0, 0.05) is 0 Å². The van der Waals surface area contributed by atoms with Crippen LogP contribution in [0.1, 0.15) is 25.7 Å². The zero-order valence-corrected chi connectivity index (χ0v) is 5.49. The van der Waals surface area contributed by atoms with E-state index in [4.69, 9.17) is 11.6 Å². The highest BCUT2D eigenvalue weighted by atomic mass is 35.5. The van der Waals surface area contributed by atoms with Crippen LogP contribution in [-0.4, -0.2) is 11.5 Å². The fourth-order valence-corrected chi connectivity index (χ4v) is 1.32. The van der Waals surface area contributed by atoms with Crippen LogP contribution in [0.3, 0.4) is 0 Å². The Bertz CT molecular complexity index is 64.9. The van der Waals surface area contributed by atoms with Gasteiger partial charge in [0.15, 0.2) is 0 Å². The third-order valence-corrected chi connectivity index (χ3v) is 2.09. The molecule has 0 aromatic rings. The summed E-state index contributed by atoms with van der Waals surface area (Å²) in [6, 6.07) is 0. The van der Waals surface area contributed by atoms with Crippen LogP contribution in [-0.2, 0) is 0 Å². The molecule has 1 fully saturated rings. The third kappa shape index (κ3) is 1.35. The summed E-state index contributed by atoms with van der Waals surface area (Å²) >= 11 is 5.59. The average Bonchev–Trinajstić information content (AvgIpc) is 1.77. The third-order valence-electron chi connectivity index (χ3n) is 1.60. The van der Waals surface area contributed by atoms with Gasteiger partial charge in [-0.2, -0.15) is 0 Å². The Morgan fingerprint density at radius 2 is 1.88 bits per heavy atom. The first kappa shape index (κ1) is 6.34. The van der Waals surface area contributed by atoms with E-state index < -0.39 is 6.17 Å². The van der Waals surface area contributed by atoms with Crippen LogP contribution in [0.4, 0.5) is 4.39 Å². The van der Waals surface area contributed by atoms with Gasteiger partial charge in [-0.15, -0.1) is 11.6 Å². The van der Waals surface area contributed by atoms with Gasteiger partial charge in [0.1, 0.15) is 6.17 Å². The van der Waals surface area contributed by atoms with E-state index in [1.54, 1.807) is 0 Å². The van der Waals surface area contributed by atoms with Gasteiger partial charge in [-0.1, -0.05) is 12.8 Å². The van der Waals surface area contributed by atoms with Crippen LogP contribution in [0.15, 0.2) is 0 Å². The van der Waals surface area contributed by atoms with E-state index in [0.29, 0.717) is 6.42 Å². The van der Waals surface area contributed by atoms with Crippen molar-refractivity contribution >= 4 is 11.6 Å². The molecule has 1 aliphatic rings. The molecule has 1 aliphatic carbocycles. The summed E-state index contributed by atoms with van der Waals surface area (Å²) in [6.07, 6.45) is 2.93.